The average Bonchev–Trinajstić information content (AvgIpc) is 3.40. The minimum absolute atomic E-state index is 0.532. The molecular formula is C20H16N8. The van der Waals surface area contributed by atoms with Crippen molar-refractivity contribution in [2.45, 2.75) is 6.92 Å². The van der Waals surface area contributed by atoms with Crippen LogP contribution in [0.15, 0.2) is 73.7 Å². The molecule has 0 saturated carbocycles. The summed E-state index contributed by atoms with van der Waals surface area (Å²) in [5, 5.41) is 8.54. The van der Waals surface area contributed by atoms with E-state index >= 15 is 0 Å². The smallest absolute Gasteiger partial charge is 0.227 e. The molecule has 28 heavy (non-hydrogen) atoms. The van der Waals surface area contributed by atoms with Gasteiger partial charge in [0, 0.05) is 29.7 Å². The van der Waals surface area contributed by atoms with E-state index in [1.165, 1.54) is 0 Å². The largest absolute Gasteiger partial charge is 0.324 e. The normalized spacial score (nSPS) is 11.0. The number of hydrogen-bond acceptors (Lipinski definition) is 6. The second-order valence-corrected chi connectivity index (χ2v) is 6.29. The van der Waals surface area contributed by atoms with Crippen molar-refractivity contribution >= 4 is 22.5 Å². The van der Waals surface area contributed by atoms with Crippen LogP contribution in [0.4, 0.5) is 11.6 Å². The van der Waals surface area contributed by atoms with Crippen LogP contribution in [0.1, 0.15) is 5.82 Å². The van der Waals surface area contributed by atoms with E-state index in [1.807, 2.05) is 66.3 Å². The molecule has 8 nitrogen and oxygen atoms in total. The van der Waals surface area contributed by atoms with Gasteiger partial charge in [0.25, 0.3) is 0 Å². The topological polar surface area (TPSA) is 86.3 Å². The fourth-order valence-electron chi connectivity index (χ4n) is 3.01. The molecule has 3 aromatic heterocycles. The molecule has 0 aliphatic carbocycles. The van der Waals surface area contributed by atoms with Crippen molar-refractivity contribution in [2.75, 3.05) is 5.32 Å². The van der Waals surface area contributed by atoms with Gasteiger partial charge in [0.2, 0.25) is 5.95 Å². The molecule has 2 aromatic carbocycles. The number of nitrogens with zero attached hydrogens (tertiary/aromatic N) is 7. The molecular weight excluding hydrogens is 352 g/mol. The molecule has 1 N–H and O–H groups in total. The number of anilines is 2. The van der Waals surface area contributed by atoms with E-state index < -0.39 is 0 Å². The summed E-state index contributed by atoms with van der Waals surface area (Å²) in [5.41, 5.74) is 3.64. The number of nitrogens with one attached hydrogen (secondary N) is 1. The summed E-state index contributed by atoms with van der Waals surface area (Å²) in [6.07, 6.45) is 8.92. The van der Waals surface area contributed by atoms with E-state index in [-0.39, 0.29) is 0 Å². The van der Waals surface area contributed by atoms with Crippen LogP contribution in [-0.4, -0.2) is 34.3 Å². The summed E-state index contributed by atoms with van der Waals surface area (Å²) in [7, 11) is 0. The lowest BCUT2D eigenvalue weighted by atomic mass is 10.2. The molecule has 0 amide bonds. The van der Waals surface area contributed by atoms with Crippen molar-refractivity contribution in [2.24, 2.45) is 0 Å². The van der Waals surface area contributed by atoms with E-state index in [9.17, 15) is 0 Å². The number of aromatic nitrogens is 7. The van der Waals surface area contributed by atoms with Gasteiger partial charge >= 0.3 is 0 Å². The first-order valence-corrected chi connectivity index (χ1v) is 8.76. The highest BCUT2D eigenvalue weighted by Crippen LogP contribution is 2.22. The van der Waals surface area contributed by atoms with E-state index in [2.05, 4.69) is 25.4 Å². The Kier molecular flexibility index (Phi) is 3.79. The number of hydrogen-bond donors (Lipinski definition) is 1. The third-order valence-corrected chi connectivity index (χ3v) is 4.37. The zero-order valence-electron chi connectivity index (χ0n) is 15.1. The fraction of sp³-hybridized carbons (Fsp3) is 0.0500. The quantitative estimate of drug-likeness (QED) is 0.523. The molecule has 5 rings (SSSR count). The van der Waals surface area contributed by atoms with Gasteiger partial charge in [0.1, 0.15) is 12.2 Å². The van der Waals surface area contributed by atoms with Gasteiger partial charge in [-0.1, -0.05) is 12.1 Å². The number of fused-ring (bicyclic) bond motifs is 1. The molecule has 136 valence electrons. The Morgan fingerprint density at radius 1 is 0.964 bits per heavy atom. The van der Waals surface area contributed by atoms with Gasteiger partial charge < -0.3 is 9.88 Å². The number of aryl methyl sites for hydroxylation is 1. The highest BCUT2D eigenvalue weighted by atomic mass is 15.3. The molecule has 0 aliphatic rings. The number of benzene rings is 2. The predicted molar refractivity (Wildman–Crippen MR) is 106 cm³/mol. The summed E-state index contributed by atoms with van der Waals surface area (Å²) in [6.45, 7) is 1.86. The van der Waals surface area contributed by atoms with Crippen LogP contribution in [0.5, 0.6) is 0 Å². The standard InChI is InChI=1S/C20H16N8/c1-14-23-13-28(26-14)17-7-5-16(6-8-17)24-20-22-11-15-3-2-4-18(19(15)25-20)27-10-9-21-12-27/h2-13H,1H3,(H,22,24,25). The van der Waals surface area contributed by atoms with Gasteiger partial charge in [-0.05, 0) is 37.3 Å². The molecule has 5 aromatic rings. The average molecular weight is 368 g/mol. The van der Waals surface area contributed by atoms with E-state index in [0.717, 1.165) is 33.8 Å². The first-order valence-electron chi connectivity index (χ1n) is 8.76. The Bertz CT molecular complexity index is 1240. The summed E-state index contributed by atoms with van der Waals surface area (Å²) in [4.78, 5) is 17.4. The molecule has 3 heterocycles. The molecule has 0 aliphatic heterocycles. The van der Waals surface area contributed by atoms with Crippen molar-refractivity contribution in [3.05, 3.63) is 79.5 Å². The van der Waals surface area contributed by atoms with Gasteiger partial charge in [0.15, 0.2) is 0 Å². The molecule has 0 unspecified atom stereocenters. The summed E-state index contributed by atoms with van der Waals surface area (Å²) in [6, 6.07) is 13.8. The van der Waals surface area contributed by atoms with Gasteiger partial charge in [-0.3, -0.25) is 0 Å². The molecule has 0 saturated heterocycles. The Morgan fingerprint density at radius 3 is 2.61 bits per heavy atom. The Morgan fingerprint density at radius 2 is 1.86 bits per heavy atom. The number of imidazole rings is 1. The highest BCUT2D eigenvalue weighted by molar-refractivity contribution is 5.86. The number of para-hydroxylation sites is 1. The van der Waals surface area contributed by atoms with Crippen molar-refractivity contribution < 1.29 is 0 Å². The van der Waals surface area contributed by atoms with Crippen molar-refractivity contribution in [1.29, 1.82) is 0 Å². The second kappa shape index (κ2) is 6.58. The van der Waals surface area contributed by atoms with Crippen LogP contribution in [0, 0.1) is 6.92 Å². The maximum Gasteiger partial charge on any atom is 0.227 e. The van der Waals surface area contributed by atoms with Crippen LogP contribution < -0.4 is 5.32 Å². The summed E-state index contributed by atoms with van der Waals surface area (Å²) in [5.74, 6) is 1.27. The lowest BCUT2D eigenvalue weighted by Crippen LogP contribution is -2.00. The summed E-state index contributed by atoms with van der Waals surface area (Å²) >= 11 is 0. The Hall–Kier alpha value is -4.07. The van der Waals surface area contributed by atoms with Crippen LogP contribution >= 0.6 is 0 Å². The van der Waals surface area contributed by atoms with E-state index in [1.54, 1.807) is 23.5 Å². The molecule has 0 bridgehead atoms. The van der Waals surface area contributed by atoms with Crippen LogP contribution in [-0.2, 0) is 0 Å². The Balaban J connectivity index is 1.46. The second-order valence-electron chi connectivity index (χ2n) is 6.29. The van der Waals surface area contributed by atoms with Crippen LogP contribution in [0.25, 0.3) is 22.3 Å². The van der Waals surface area contributed by atoms with Crippen molar-refractivity contribution in [3.8, 4) is 11.4 Å². The van der Waals surface area contributed by atoms with Gasteiger partial charge in [-0.15, -0.1) is 0 Å². The highest BCUT2D eigenvalue weighted by Gasteiger charge is 2.07. The SMILES string of the molecule is Cc1ncn(-c2ccc(Nc3ncc4cccc(-n5ccnc5)c4n3)cc2)n1. The Labute approximate surface area is 160 Å². The zero-order chi connectivity index (χ0) is 18.9. The first kappa shape index (κ1) is 16.1. The lowest BCUT2D eigenvalue weighted by Gasteiger charge is -2.09. The fourth-order valence-corrected chi connectivity index (χ4v) is 3.01. The maximum absolute atomic E-state index is 4.71. The first-order chi connectivity index (χ1) is 13.8. The minimum atomic E-state index is 0.532. The monoisotopic (exact) mass is 368 g/mol. The third-order valence-electron chi connectivity index (χ3n) is 4.37. The zero-order valence-corrected chi connectivity index (χ0v) is 15.1. The third kappa shape index (κ3) is 2.96. The summed E-state index contributed by atoms with van der Waals surface area (Å²) < 4.78 is 3.68. The van der Waals surface area contributed by atoms with Crippen LogP contribution in [0.2, 0.25) is 0 Å². The van der Waals surface area contributed by atoms with Crippen molar-refractivity contribution in [3.63, 3.8) is 0 Å². The van der Waals surface area contributed by atoms with Gasteiger partial charge in [-0.2, -0.15) is 5.10 Å². The molecule has 8 heteroatoms. The van der Waals surface area contributed by atoms with Gasteiger partial charge in [0.05, 0.1) is 23.2 Å². The minimum Gasteiger partial charge on any atom is -0.324 e. The van der Waals surface area contributed by atoms with E-state index in [4.69, 9.17) is 4.98 Å². The predicted octanol–water partition coefficient (Wildman–Crippen LogP) is 3.45. The van der Waals surface area contributed by atoms with Gasteiger partial charge in [-0.25, -0.2) is 24.6 Å². The molecule has 0 atom stereocenters. The van der Waals surface area contributed by atoms with E-state index in [0.29, 0.717) is 5.95 Å². The number of rotatable bonds is 4. The maximum atomic E-state index is 4.71. The lowest BCUT2D eigenvalue weighted by molar-refractivity contribution is 0.863. The molecule has 0 fully saturated rings. The van der Waals surface area contributed by atoms with Crippen molar-refractivity contribution in [1.82, 2.24) is 34.3 Å². The molecule has 0 radical (unpaired) electrons. The van der Waals surface area contributed by atoms with Crippen LogP contribution in [0.3, 0.4) is 0 Å². The molecule has 0 spiro atoms.